The van der Waals surface area contributed by atoms with Crippen molar-refractivity contribution in [1.82, 2.24) is 0 Å². The van der Waals surface area contributed by atoms with E-state index in [1.807, 2.05) is 0 Å². The van der Waals surface area contributed by atoms with Crippen molar-refractivity contribution in [1.29, 1.82) is 0 Å². The summed E-state index contributed by atoms with van der Waals surface area (Å²) in [7, 11) is 0. The molecule has 1 rings (SSSR count). The fourth-order valence-corrected chi connectivity index (χ4v) is 0. The van der Waals surface area contributed by atoms with Gasteiger partial charge in [0, 0.05) is 14.2 Å². The maximum Gasteiger partial charge on any atom is 0.152 e. The average molecular weight is 95.0 g/mol. The molecule has 1 aromatic heterocycles. The van der Waals surface area contributed by atoms with E-state index in [-0.39, 0.29) is 0 Å². The van der Waals surface area contributed by atoms with Crippen molar-refractivity contribution in [2.24, 2.45) is 5.34 Å². The normalized spacial score (nSPS) is 6.00. The summed E-state index contributed by atoms with van der Waals surface area (Å²) in [5, 5.41) is 7.89. The summed E-state index contributed by atoms with van der Waals surface area (Å²) in [4.78, 5) is 8.11. The zero-order valence-corrected chi connectivity index (χ0v) is 2.53. The summed E-state index contributed by atoms with van der Waals surface area (Å²) in [6.07, 6.45) is 0. The highest BCUT2D eigenvalue weighted by Crippen LogP contribution is 1.79. The molecule has 0 aromatic carbocycles. The number of hydrogen-bond donors (Lipinski definition) is 1. The summed E-state index contributed by atoms with van der Waals surface area (Å²) in [5.74, 6) is 0. The second-order valence-corrected chi connectivity index (χ2v) is 0.286. The van der Waals surface area contributed by atoms with Crippen LogP contribution in [0.4, 0.5) is 0 Å². The summed E-state index contributed by atoms with van der Waals surface area (Å²) >= 11 is 0. The third kappa shape index (κ3) is 227. The van der Waals surface area contributed by atoms with Crippen molar-refractivity contribution < 1.29 is 19.4 Å². The summed E-state index contributed by atoms with van der Waals surface area (Å²) in [5.41, 5.74) is 0. The van der Waals surface area contributed by atoms with E-state index in [2.05, 4.69) is 14.2 Å². The van der Waals surface area contributed by atoms with Crippen LogP contribution in [0.15, 0.2) is 19.5 Å². The van der Waals surface area contributed by atoms with E-state index in [9.17, 15) is 0 Å². The van der Waals surface area contributed by atoms with E-state index in [1.54, 1.807) is 0 Å². The smallest absolute Gasteiger partial charge is 0.152 e. The standard InChI is InChI=1S/HNO2.O3/c2-1-3;1-2-3-1/h(H,2,3);. The van der Waals surface area contributed by atoms with E-state index in [1.165, 1.54) is 5.34 Å². The minimum atomic E-state index is 1.25. The molecule has 0 saturated heterocycles. The molecule has 0 aliphatic carbocycles. The highest BCUT2D eigenvalue weighted by atomic mass is 17.6. The van der Waals surface area contributed by atoms with Crippen LogP contribution in [-0.2, 0) is 0 Å². The maximum atomic E-state index is 8.11. The van der Waals surface area contributed by atoms with Gasteiger partial charge in [-0.3, -0.25) is 0 Å². The molecule has 0 bridgehead atoms. The van der Waals surface area contributed by atoms with Gasteiger partial charge in [-0.2, -0.15) is 0 Å². The van der Waals surface area contributed by atoms with E-state index < -0.39 is 0 Å². The Morgan fingerprint density at radius 2 is 1.50 bits per heavy atom. The Bertz CT molecular complexity index is 58.0. The van der Waals surface area contributed by atoms with Crippen LogP contribution in [0.1, 0.15) is 0 Å². The molecule has 6 heteroatoms. The zero-order chi connectivity index (χ0) is 4.83. The van der Waals surface area contributed by atoms with Gasteiger partial charge >= 0.3 is 0 Å². The highest BCUT2D eigenvalue weighted by Gasteiger charge is 1.63. The molecule has 0 unspecified atom stereocenters. The quantitative estimate of drug-likeness (QED) is 0.289. The van der Waals surface area contributed by atoms with Crippen LogP contribution >= 0.6 is 0 Å². The molecule has 6 heavy (non-hydrogen) atoms. The fourth-order valence-electron chi connectivity index (χ4n) is 0. The van der Waals surface area contributed by atoms with Gasteiger partial charge in [-0.05, 0) is 0 Å². The molecule has 0 radical (unpaired) electrons. The Balaban J connectivity index is 0.0000000833. The Kier molecular flexibility index (Phi) is 3.04. The monoisotopic (exact) mass is 95.0 g/mol. The molecular formula is HNO5. The zero-order valence-electron chi connectivity index (χ0n) is 2.53. The lowest BCUT2D eigenvalue weighted by Crippen LogP contribution is -1.25. The van der Waals surface area contributed by atoms with E-state index >= 15 is 0 Å². The first-order valence-corrected chi connectivity index (χ1v) is 0.883. The molecule has 0 aliphatic heterocycles. The van der Waals surface area contributed by atoms with Crippen molar-refractivity contribution >= 4 is 0 Å². The van der Waals surface area contributed by atoms with Crippen LogP contribution in [0.2, 0.25) is 0 Å². The second-order valence-electron chi connectivity index (χ2n) is 0.286. The minimum Gasteiger partial charge on any atom is -0.379 e. The van der Waals surface area contributed by atoms with Crippen LogP contribution in [-0.4, -0.2) is 5.21 Å². The van der Waals surface area contributed by atoms with E-state index in [0.717, 1.165) is 0 Å². The Labute approximate surface area is 31.0 Å². The maximum absolute atomic E-state index is 8.11. The predicted molar refractivity (Wildman–Crippen MR) is 10.8 cm³/mol. The molecule has 1 aromatic rings. The summed E-state index contributed by atoms with van der Waals surface area (Å²) in [6, 6.07) is 0. The predicted octanol–water partition coefficient (Wildman–Crippen LogP) is 0.608. The van der Waals surface area contributed by atoms with Gasteiger partial charge in [-0.15, -0.1) is 4.91 Å². The Hall–Kier alpha value is -1.20. The van der Waals surface area contributed by atoms with Gasteiger partial charge in [0.05, 0.1) is 0 Å². The largest absolute Gasteiger partial charge is 0.379 e. The van der Waals surface area contributed by atoms with Gasteiger partial charge in [-0.25, -0.2) is 0 Å². The molecular weight excluding hydrogens is 94.0 g/mol. The summed E-state index contributed by atoms with van der Waals surface area (Å²) < 4.78 is 10.5. The lowest BCUT2D eigenvalue weighted by Gasteiger charge is -1.32. The molecule has 0 fully saturated rings. The lowest BCUT2D eigenvalue weighted by molar-refractivity contribution is 0.264. The Morgan fingerprint density at radius 3 is 1.50 bits per heavy atom. The van der Waals surface area contributed by atoms with Gasteiger partial charge in [0.15, 0.2) is 5.34 Å². The molecule has 0 atom stereocenters. The first kappa shape index (κ1) is 4.80. The van der Waals surface area contributed by atoms with Gasteiger partial charge in [0.2, 0.25) is 0 Å². The van der Waals surface area contributed by atoms with Crippen molar-refractivity contribution in [3.05, 3.63) is 4.91 Å². The van der Waals surface area contributed by atoms with Crippen LogP contribution in [0.25, 0.3) is 0 Å². The fraction of sp³-hybridized carbons (Fsp3) is 0. The Morgan fingerprint density at radius 1 is 1.33 bits per heavy atom. The third-order valence-electron chi connectivity index (χ3n) is 0.0680. The second kappa shape index (κ2) is 3.80. The van der Waals surface area contributed by atoms with Crippen LogP contribution in [0, 0.1) is 4.91 Å². The van der Waals surface area contributed by atoms with Gasteiger partial charge in [-0.1, -0.05) is 0 Å². The van der Waals surface area contributed by atoms with Crippen molar-refractivity contribution in [2.45, 2.75) is 0 Å². The van der Waals surface area contributed by atoms with Crippen LogP contribution in [0.3, 0.4) is 0 Å². The molecule has 6 nitrogen and oxygen atoms in total. The molecule has 1 heterocycles. The van der Waals surface area contributed by atoms with Gasteiger partial charge in [0.25, 0.3) is 0 Å². The molecule has 0 saturated carbocycles. The number of rotatable bonds is 0. The van der Waals surface area contributed by atoms with Crippen LogP contribution in [0.5, 0.6) is 0 Å². The molecule has 0 spiro atoms. The topological polar surface area (TPSA) is 89.1 Å². The first-order valence-electron chi connectivity index (χ1n) is 0.883. The number of hydrogen-bond acceptors (Lipinski definition) is 5. The lowest BCUT2D eigenvalue weighted by atomic mass is 13.4. The number of nitrogens with zero attached hydrogens (tertiary/aromatic N) is 1. The van der Waals surface area contributed by atoms with Crippen molar-refractivity contribution in [2.75, 3.05) is 0 Å². The molecule has 0 amide bonds. The van der Waals surface area contributed by atoms with Crippen molar-refractivity contribution in [3.63, 3.8) is 0 Å². The SMILES string of the molecule is O=NO.o1oo1. The third-order valence-corrected chi connectivity index (χ3v) is 0.0680. The molecule has 1 N–H and O–H groups in total. The molecule has 36 valence electrons. The van der Waals surface area contributed by atoms with Crippen molar-refractivity contribution in [3.8, 4) is 0 Å². The van der Waals surface area contributed by atoms with Gasteiger partial charge in [0.1, 0.15) is 0 Å². The van der Waals surface area contributed by atoms with Crippen LogP contribution < -0.4 is 0 Å². The molecule has 0 aliphatic rings. The average Bonchev–Trinajstić information content (AvgIpc) is 2.11. The first-order chi connectivity index (χ1) is 2.91. The van der Waals surface area contributed by atoms with E-state index in [4.69, 9.17) is 10.1 Å². The minimum absolute atomic E-state index is 1.25. The summed E-state index contributed by atoms with van der Waals surface area (Å²) in [6.45, 7) is 0. The van der Waals surface area contributed by atoms with E-state index in [0.29, 0.717) is 0 Å². The van der Waals surface area contributed by atoms with Gasteiger partial charge < -0.3 is 5.21 Å². The highest BCUT2D eigenvalue weighted by molar-refractivity contribution is 3.83.